The third-order valence-electron chi connectivity index (χ3n) is 5.79. The molecule has 151 valence electrons. The fraction of sp³-hybridized carbons (Fsp3) is 0.348. The summed E-state index contributed by atoms with van der Waals surface area (Å²) in [6.07, 6.45) is 6.37. The van der Waals surface area contributed by atoms with Crippen molar-refractivity contribution in [1.82, 2.24) is 0 Å². The Hall–Kier alpha value is -1.84. The van der Waals surface area contributed by atoms with E-state index < -0.39 is 33.4 Å². The Morgan fingerprint density at radius 3 is 2.59 bits per heavy atom. The Bertz CT molecular complexity index is 1060. The molecule has 1 N–H and O–H groups in total. The summed E-state index contributed by atoms with van der Waals surface area (Å²) < 4.78 is 25.3. The van der Waals surface area contributed by atoms with Crippen molar-refractivity contribution in [2.24, 2.45) is 0 Å². The molecule has 1 radical (unpaired) electrons. The molecule has 4 nitrogen and oxygen atoms in total. The van der Waals surface area contributed by atoms with E-state index in [1.807, 2.05) is 36.4 Å². The first-order valence-electron chi connectivity index (χ1n) is 10.0. The van der Waals surface area contributed by atoms with E-state index in [0.29, 0.717) is 17.7 Å². The van der Waals surface area contributed by atoms with E-state index in [0.717, 1.165) is 30.4 Å². The van der Waals surface area contributed by atoms with Gasteiger partial charge in [-0.1, -0.05) is 0 Å². The summed E-state index contributed by atoms with van der Waals surface area (Å²) in [4.78, 5) is 12.0. The van der Waals surface area contributed by atoms with Crippen molar-refractivity contribution in [3.8, 4) is 0 Å². The second-order valence-electron chi connectivity index (χ2n) is 7.74. The van der Waals surface area contributed by atoms with Gasteiger partial charge in [-0.05, 0) is 0 Å². The van der Waals surface area contributed by atoms with Crippen LogP contribution in [0.5, 0.6) is 0 Å². The summed E-state index contributed by atoms with van der Waals surface area (Å²) in [7, 11) is -3.57. The molecule has 1 atom stereocenters. The van der Waals surface area contributed by atoms with Crippen molar-refractivity contribution >= 4 is 34.2 Å². The Kier molecular flexibility index (Phi) is 5.98. The summed E-state index contributed by atoms with van der Waals surface area (Å²) >= 11 is -1.39. The summed E-state index contributed by atoms with van der Waals surface area (Å²) in [6.45, 7) is 0. The van der Waals surface area contributed by atoms with Gasteiger partial charge in [0, 0.05) is 0 Å². The number of carboxylic acids is 1. The summed E-state index contributed by atoms with van der Waals surface area (Å²) in [5, 5.41) is 9.61. The molecule has 0 saturated heterocycles. The topological polar surface area (TPSA) is 71.4 Å². The fourth-order valence-corrected chi connectivity index (χ4v) is 10.6. The number of aryl methyl sites for hydroxylation is 1. The van der Waals surface area contributed by atoms with E-state index in [9.17, 15) is 18.3 Å². The van der Waals surface area contributed by atoms with Gasteiger partial charge in [0.25, 0.3) is 0 Å². The minimum absolute atomic E-state index is 0.294. The maximum absolute atomic E-state index is 13.0. The zero-order chi connectivity index (χ0) is 20.4. The molecule has 0 amide bonds. The number of allylic oxidation sites excluding steroid dienone is 2. The molecule has 29 heavy (non-hydrogen) atoms. The number of carbonyl (C=O) groups is 1. The second-order valence-corrected chi connectivity index (χ2v) is 15.0. The zero-order valence-electron chi connectivity index (χ0n) is 16.2. The van der Waals surface area contributed by atoms with Gasteiger partial charge >= 0.3 is 178 Å². The molecular formula is C23H24AsO4S. The number of fused-ring (bicyclic) bond motifs is 2. The summed E-state index contributed by atoms with van der Waals surface area (Å²) in [5.74, 6) is -1.01. The quantitative estimate of drug-likeness (QED) is 0.605. The van der Waals surface area contributed by atoms with Crippen LogP contribution in [0.4, 0.5) is 0 Å². The van der Waals surface area contributed by atoms with Crippen molar-refractivity contribution in [3.63, 3.8) is 0 Å². The van der Waals surface area contributed by atoms with E-state index in [4.69, 9.17) is 0 Å². The van der Waals surface area contributed by atoms with E-state index >= 15 is 0 Å². The molecule has 0 bridgehead atoms. The third-order valence-corrected chi connectivity index (χ3v) is 12.8. The Balaban J connectivity index is 1.50. The SMILES string of the molecule is O=C(O)C(CCc1ccccc1)[As]S(=O)(=O)c1ccc2c(c1)CC1=C2CCCC1. The van der Waals surface area contributed by atoms with Crippen molar-refractivity contribution in [1.29, 1.82) is 0 Å². The Labute approximate surface area is 177 Å². The van der Waals surface area contributed by atoms with Crippen molar-refractivity contribution in [3.05, 3.63) is 70.8 Å². The molecular weight excluding hydrogens is 447 g/mol. The van der Waals surface area contributed by atoms with Crippen LogP contribution >= 0.6 is 0 Å². The number of rotatable bonds is 7. The van der Waals surface area contributed by atoms with E-state index in [2.05, 4.69) is 0 Å². The van der Waals surface area contributed by atoms with Gasteiger partial charge in [0.2, 0.25) is 0 Å². The predicted molar refractivity (Wildman–Crippen MR) is 115 cm³/mol. The van der Waals surface area contributed by atoms with Gasteiger partial charge in [-0.3, -0.25) is 0 Å². The van der Waals surface area contributed by atoms with Gasteiger partial charge in [-0.15, -0.1) is 0 Å². The third kappa shape index (κ3) is 4.51. The molecule has 6 heteroatoms. The standard InChI is InChI=1S/C23H24AsO4S/c25-23(26)22(13-10-16-6-2-1-3-7-16)24-29(27,28)19-11-12-21-18(15-19)14-17-8-4-5-9-20(17)21/h1-3,6-7,11-12,15,22H,4-5,8-10,13-14H2,(H,25,26). The average Bonchev–Trinajstić information content (AvgIpc) is 3.09. The molecule has 0 spiro atoms. The monoisotopic (exact) mass is 471 g/mol. The van der Waals surface area contributed by atoms with Crippen molar-refractivity contribution < 1.29 is 18.3 Å². The van der Waals surface area contributed by atoms with Gasteiger partial charge in [0.15, 0.2) is 0 Å². The number of hydrogen-bond donors (Lipinski definition) is 1. The molecule has 2 aliphatic rings. The number of hydrogen-bond acceptors (Lipinski definition) is 3. The first kappa shape index (κ1) is 20.4. The van der Waals surface area contributed by atoms with Gasteiger partial charge in [0.1, 0.15) is 0 Å². The second kappa shape index (κ2) is 8.49. The van der Waals surface area contributed by atoms with E-state index in [1.165, 1.54) is 29.6 Å². The average molecular weight is 471 g/mol. The molecule has 0 heterocycles. The van der Waals surface area contributed by atoms with Crippen molar-refractivity contribution in [2.45, 2.75) is 54.5 Å². The summed E-state index contributed by atoms with van der Waals surface area (Å²) in [6, 6.07) is 15.0. The molecule has 2 aromatic carbocycles. The van der Waals surface area contributed by atoms with Gasteiger partial charge in [0.05, 0.1) is 0 Å². The van der Waals surface area contributed by atoms with Gasteiger partial charge in [-0.2, -0.15) is 0 Å². The minimum atomic E-state index is -3.57. The summed E-state index contributed by atoms with van der Waals surface area (Å²) in [5.41, 5.74) is 6.20. The van der Waals surface area contributed by atoms with Gasteiger partial charge < -0.3 is 0 Å². The van der Waals surface area contributed by atoms with Gasteiger partial charge in [-0.25, -0.2) is 0 Å². The number of benzene rings is 2. The first-order chi connectivity index (χ1) is 13.9. The van der Waals surface area contributed by atoms with E-state index in [-0.39, 0.29) is 0 Å². The van der Waals surface area contributed by atoms with Crippen LogP contribution in [0.3, 0.4) is 0 Å². The normalized spacial score (nSPS) is 17.4. The Morgan fingerprint density at radius 2 is 1.83 bits per heavy atom. The molecule has 2 aromatic rings. The molecule has 0 aromatic heterocycles. The fourth-order valence-electron chi connectivity index (χ4n) is 4.29. The van der Waals surface area contributed by atoms with Crippen LogP contribution in [0.2, 0.25) is 4.71 Å². The molecule has 0 aliphatic heterocycles. The van der Waals surface area contributed by atoms with Crippen LogP contribution < -0.4 is 0 Å². The van der Waals surface area contributed by atoms with Crippen molar-refractivity contribution in [2.75, 3.05) is 0 Å². The van der Waals surface area contributed by atoms with Crippen LogP contribution in [0.25, 0.3) is 5.57 Å². The van der Waals surface area contributed by atoms with Crippen LogP contribution in [0.15, 0.2) is 59.0 Å². The van der Waals surface area contributed by atoms with E-state index in [1.54, 1.807) is 12.1 Å². The van der Waals surface area contributed by atoms with Crippen LogP contribution in [-0.4, -0.2) is 34.1 Å². The van der Waals surface area contributed by atoms with Crippen LogP contribution in [-0.2, 0) is 25.7 Å². The molecule has 1 unspecified atom stereocenters. The molecule has 0 fully saturated rings. The molecule has 2 aliphatic carbocycles. The Morgan fingerprint density at radius 1 is 1.07 bits per heavy atom. The van der Waals surface area contributed by atoms with Crippen LogP contribution in [0, 0.1) is 0 Å². The molecule has 0 saturated carbocycles. The predicted octanol–water partition coefficient (Wildman–Crippen LogP) is 4.47. The molecule has 4 rings (SSSR count). The zero-order valence-corrected chi connectivity index (χ0v) is 18.9. The number of carboxylic acid groups (broad SMARTS) is 1. The first-order valence-corrected chi connectivity index (χ1v) is 14.8. The number of aliphatic carboxylic acids is 1. The van der Waals surface area contributed by atoms with Crippen LogP contribution in [0.1, 0.15) is 48.8 Å². The maximum atomic E-state index is 13.0.